The standard InChI is InChI=1S/C13H16O2S/c1-11(13(14)15-2)8-9-16-10-12-6-4-3-5-7-12/h3-8H,9-10H2,1-2H3. The molecule has 0 spiro atoms. The number of benzene rings is 1. The van der Waals surface area contributed by atoms with Gasteiger partial charge in [-0.25, -0.2) is 4.79 Å². The normalized spacial score (nSPS) is 11.2. The smallest absolute Gasteiger partial charge is 0.333 e. The first kappa shape index (κ1) is 12.8. The average Bonchev–Trinajstić information content (AvgIpc) is 2.34. The molecule has 0 fully saturated rings. The number of esters is 1. The van der Waals surface area contributed by atoms with E-state index in [4.69, 9.17) is 0 Å². The predicted molar refractivity (Wildman–Crippen MR) is 68.4 cm³/mol. The highest BCUT2D eigenvalue weighted by Crippen LogP contribution is 2.12. The van der Waals surface area contributed by atoms with Gasteiger partial charge in [-0.3, -0.25) is 0 Å². The summed E-state index contributed by atoms with van der Waals surface area (Å²) in [6.45, 7) is 1.77. The number of carbonyl (C=O) groups is 1. The van der Waals surface area contributed by atoms with Crippen molar-refractivity contribution < 1.29 is 9.53 Å². The molecule has 0 bridgehead atoms. The summed E-state index contributed by atoms with van der Waals surface area (Å²) < 4.78 is 4.61. The lowest BCUT2D eigenvalue weighted by molar-refractivity contribution is -0.136. The Balaban J connectivity index is 2.29. The Morgan fingerprint density at radius 3 is 2.69 bits per heavy atom. The van der Waals surface area contributed by atoms with Gasteiger partial charge in [-0.1, -0.05) is 36.4 Å². The number of hydrogen-bond acceptors (Lipinski definition) is 3. The molecule has 0 unspecified atom stereocenters. The molecule has 0 amide bonds. The van der Waals surface area contributed by atoms with Gasteiger partial charge in [0.15, 0.2) is 0 Å². The van der Waals surface area contributed by atoms with Gasteiger partial charge in [0.2, 0.25) is 0 Å². The van der Waals surface area contributed by atoms with E-state index in [9.17, 15) is 4.79 Å². The second kappa shape index (κ2) is 7.12. The molecule has 16 heavy (non-hydrogen) atoms. The lowest BCUT2D eigenvalue weighted by Gasteiger charge is -2.00. The van der Waals surface area contributed by atoms with Crippen LogP contribution in [0.5, 0.6) is 0 Å². The van der Waals surface area contributed by atoms with E-state index < -0.39 is 0 Å². The molecule has 0 N–H and O–H groups in total. The van der Waals surface area contributed by atoms with Crippen molar-refractivity contribution in [2.45, 2.75) is 12.7 Å². The van der Waals surface area contributed by atoms with E-state index in [-0.39, 0.29) is 5.97 Å². The molecule has 0 aliphatic heterocycles. The van der Waals surface area contributed by atoms with Crippen molar-refractivity contribution in [3.8, 4) is 0 Å². The van der Waals surface area contributed by atoms with Crippen LogP contribution in [0.4, 0.5) is 0 Å². The molecular formula is C13H16O2S. The van der Waals surface area contributed by atoms with Crippen molar-refractivity contribution in [2.75, 3.05) is 12.9 Å². The summed E-state index contributed by atoms with van der Waals surface area (Å²) in [6.07, 6.45) is 1.90. The zero-order valence-electron chi connectivity index (χ0n) is 9.60. The van der Waals surface area contributed by atoms with Crippen molar-refractivity contribution in [3.05, 3.63) is 47.5 Å². The first-order valence-electron chi connectivity index (χ1n) is 5.11. The summed E-state index contributed by atoms with van der Waals surface area (Å²) in [6, 6.07) is 10.3. The van der Waals surface area contributed by atoms with Crippen molar-refractivity contribution in [2.24, 2.45) is 0 Å². The van der Waals surface area contributed by atoms with Crippen molar-refractivity contribution in [1.29, 1.82) is 0 Å². The third-order valence-corrected chi connectivity index (χ3v) is 3.07. The monoisotopic (exact) mass is 236 g/mol. The fourth-order valence-corrected chi connectivity index (χ4v) is 2.09. The summed E-state index contributed by atoms with van der Waals surface area (Å²) >= 11 is 1.78. The van der Waals surface area contributed by atoms with Gasteiger partial charge in [-0.15, -0.1) is 0 Å². The second-order valence-corrected chi connectivity index (χ2v) is 4.41. The summed E-state index contributed by atoms with van der Waals surface area (Å²) in [4.78, 5) is 11.1. The Hall–Kier alpha value is -1.22. The van der Waals surface area contributed by atoms with Crippen LogP contribution in [0, 0.1) is 0 Å². The molecule has 0 aliphatic carbocycles. The Morgan fingerprint density at radius 1 is 1.38 bits per heavy atom. The first-order valence-corrected chi connectivity index (χ1v) is 6.26. The van der Waals surface area contributed by atoms with Gasteiger partial charge < -0.3 is 4.74 Å². The highest BCUT2D eigenvalue weighted by molar-refractivity contribution is 7.98. The van der Waals surface area contributed by atoms with Crippen LogP contribution >= 0.6 is 11.8 Å². The second-order valence-electron chi connectivity index (χ2n) is 3.38. The zero-order valence-corrected chi connectivity index (χ0v) is 10.4. The van der Waals surface area contributed by atoms with E-state index >= 15 is 0 Å². The lowest BCUT2D eigenvalue weighted by Crippen LogP contribution is -2.01. The van der Waals surface area contributed by atoms with E-state index in [0.29, 0.717) is 5.57 Å². The summed E-state index contributed by atoms with van der Waals surface area (Å²) in [5, 5.41) is 0. The van der Waals surface area contributed by atoms with Gasteiger partial charge >= 0.3 is 5.97 Å². The van der Waals surface area contributed by atoms with Crippen LogP contribution < -0.4 is 0 Å². The minimum Gasteiger partial charge on any atom is -0.466 e. The first-order chi connectivity index (χ1) is 7.74. The van der Waals surface area contributed by atoms with Crippen LogP contribution in [0.15, 0.2) is 42.0 Å². The molecule has 2 nitrogen and oxygen atoms in total. The summed E-state index contributed by atoms with van der Waals surface area (Å²) in [7, 11) is 1.40. The third-order valence-electron chi connectivity index (χ3n) is 2.13. The van der Waals surface area contributed by atoms with Gasteiger partial charge in [0.05, 0.1) is 7.11 Å². The molecule has 0 saturated heterocycles. The molecule has 3 heteroatoms. The van der Waals surface area contributed by atoms with Crippen LogP contribution in [0.25, 0.3) is 0 Å². The van der Waals surface area contributed by atoms with Gasteiger partial charge in [-0.2, -0.15) is 11.8 Å². The third kappa shape index (κ3) is 4.53. The number of hydrogen-bond donors (Lipinski definition) is 0. The van der Waals surface area contributed by atoms with Crippen molar-refractivity contribution in [3.63, 3.8) is 0 Å². The van der Waals surface area contributed by atoms with E-state index in [1.54, 1.807) is 18.7 Å². The Kier molecular flexibility index (Phi) is 5.72. The van der Waals surface area contributed by atoms with Gasteiger partial charge in [-0.05, 0) is 12.5 Å². The number of carbonyl (C=O) groups excluding carboxylic acids is 1. The minimum atomic E-state index is -0.250. The molecule has 0 atom stereocenters. The quantitative estimate of drug-likeness (QED) is 0.446. The van der Waals surface area contributed by atoms with Crippen LogP contribution in [-0.2, 0) is 15.3 Å². The predicted octanol–water partition coefficient (Wildman–Crippen LogP) is 3.04. The molecule has 1 aromatic rings. The van der Waals surface area contributed by atoms with Crippen LogP contribution in [0.1, 0.15) is 12.5 Å². The molecule has 1 rings (SSSR count). The molecule has 0 aliphatic rings. The van der Waals surface area contributed by atoms with E-state index in [1.807, 2.05) is 24.3 Å². The average molecular weight is 236 g/mol. The number of ether oxygens (including phenoxy) is 1. The Morgan fingerprint density at radius 2 is 2.06 bits per heavy atom. The summed E-state index contributed by atoms with van der Waals surface area (Å²) in [5.41, 5.74) is 1.97. The number of methoxy groups -OCH3 is 1. The molecule has 0 aromatic heterocycles. The van der Waals surface area contributed by atoms with Gasteiger partial charge in [0.25, 0.3) is 0 Å². The maximum Gasteiger partial charge on any atom is 0.333 e. The fourth-order valence-electron chi connectivity index (χ4n) is 1.18. The Bertz CT molecular complexity index is 357. The minimum absolute atomic E-state index is 0.250. The maximum atomic E-state index is 11.1. The molecule has 0 heterocycles. The lowest BCUT2D eigenvalue weighted by atomic mass is 10.2. The van der Waals surface area contributed by atoms with Gasteiger partial charge in [0.1, 0.15) is 0 Å². The van der Waals surface area contributed by atoms with E-state index in [2.05, 4.69) is 16.9 Å². The topological polar surface area (TPSA) is 26.3 Å². The van der Waals surface area contributed by atoms with Crippen molar-refractivity contribution >= 4 is 17.7 Å². The SMILES string of the molecule is COC(=O)C(C)=CCSCc1ccccc1. The largest absolute Gasteiger partial charge is 0.466 e. The highest BCUT2D eigenvalue weighted by atomic mass is 32.2. The van der Waals surface area contributed by atoms with Crippen LogP contribution in [0.2, 0.25) is 0 Å². The fraction of sp³-hybridized carbons (Fsp3) is 0.308. The number of thioether (sulfide) groups is 1. The van der Waals surface area contributed by atoms with Crippen molar-refractivity contribution in [1.82, 2.24) is 0 Å². The molecule has 86 valence electrons. The molecular weight excluding hydrogens is 220 g/mol. The molecule has 0 saturated carbocycles. The number of rotatable bonds is 5. The van der Waals surface area contributed by atoms with Crippen LogP contribution in [0.3, 0.4) is 0 Å². The summed E-state index contributed by atoms with van der Waals surface area (Å²) in [5.74, 6) is 1.54. The van der Waals surface area contributed by atoms with Gasteiger partial charge in [0, 0.05) is 17.1 Å². The zero-order chi connectivity index (χ0) is 11.8. The van der Waals surface area contributed by atoms with Crippen LogP contribution in [-0.4, -0.2) is 18.8 Å². The van der Waals surface area contributed by atoms with E-state index in [1.165, 1.54) is 12.7 Å². The molecule has 0 radical (unpaired) electrons. The highest BCUT2D eigenvalue weighted by Gasteiger charge is 2.01. The van der Waals surface area contributed by atoms with E-state index in [0.717, 1.165) is 11.5 Å². The Labute approximate surface area is 101 Å². The molecule has 1 aromatic carbocycles. The maximum absolute atomic E-state index is 11.1.